The normalized spacial score (nSPS) is 15.1. The quantitative estimate of drug-likeness (QED) is 0.613. The second-order valence-corrected chi connectivity index (χ2v) is 7.32. The molecular formula is C21H25N5O2. The minimum Gasteiger partial charge on any atom is -0.361 e. The van der Waals surface area contributed by atoms with Gasteiger partial charge in [-0.25, -0.2) is 5.10 Å². The first-order valence-corrected chi connectivity index (χ1v) is 9.84. The summed E-state index contributed by atoms with van der Waals surface area (Å²) in [4.78, 5) is 28.8. The number of H-pyrrole nitrogens is 2. The van der Waals surface area contributed by atoms with Crippen LogP contribution in [0.15, 0.2) is 47.4 Å². The molecule has 0 atom stereocenters. The Kier molecular flexibility index (Phi) is 5.41. The molecule has 3 heterocycles. The Morgan fingerprint density at radius 3 is 2.79 bits per heavy atom. The third-order valence-corrected chi connectivity index (χ3v) is 5.37. The molecule has 1 aromatic carbocycles. The van der Waals surface area contributed by atoms with Crippen molar-refractivity contribution in [2.24, 2.45) is 0 Å². The number of nitrogens with one attached hydrogen (secondary N) is 3. The zero-order chi connectivity index (χ0) is 19.3. The zero-order valence-corrected chi connectivity index (χ0v) is 15.8. The topological polar surface area (TPSA) is 93.9 Å². The van der Waals surface area contributed by atoms with Crippen LogP contribution in [0.1, 0.15) is 31.2 Å². The van der Waals surface area contributed by atoms with Crippen molar-refractivity contribution in [1.29, 1.82) is 0 Å². The summed E-state index contributed by atoms with van der Waals surface area (Å²) in [7, 11) is 0. The van der Waals surface area contributed by atoms with Gasteiger partial charge in [0, 0.05) is 48.7 Å². The number of aryl methyl sites for hydroxylation is 1. The number of fused-ring (bicyclic) bond motifs is 1. The van der Waals surface area contributed by atoms with Crippen LogP contribution in [0.25, 0.3) is 10.9 Å². The van der Waals surface area contributed by atoms with Crippen LogP contribution in [0.3, 0.4) is 0 Å². The minimum absolute atomic E-state index is 0.125. The first kappa shape index (κ1) is 18.3. The standard InChI is InChI=1S/C21H25N5O2/c27-20(7-3-4-15-14-22-18-6-2-1-5-17(15)18)23-16-10-12-26(13-11-16)19-8-9-21(28)25-24-19/h1-2,5-6,8-9,14,16,22H,3-4,7,10-13H2,(H,23,27)(H,25,28). The Hall–Kier alpha value is -3.09. The number of hydrogen-bond acceptors (Lipinski definition) is 4. The Morgan fingerprint density at radius 2 is 2.00 bits per heavy atom. The molecule has 28 heavy (non-hydrogen) atoms. The highest BCUT2D eigenvalue weighted by Gasteiger charge is 2.21. The van der Waals surface area contributed by atoms with E-state index in [1.54, 1.807) is 6.07 Å². The maximum absolute atomic E-state index is 12.3. The number of amides is 1. The van der Waals surface area contributed by atoms with Crippen LogP contribution in [0, 0.1) is 0 Å². The number of para-hydroxylation sites is 1. The van der Waals surface area contributed by atoms with Gasteiger partial charge >= 0.3 is 0 Å². The van der Waals surface area contributed by atoms with Crippen LogP contribution in [0.5, 0.6) is 0 Å². The van der Waals surface area contributed by atoms with Gasteiger partial charge < -0.3 is 15.2 Å². The molecule has 1 aliphatic heterocycles. The number of anilines is 1. The van der Waals surface area contributed by atoms with E-state index >= 15 is 0 Å². The fourth-order valence-electron chi connectivity index (χ4n) is 3.84. The molecular weight excluding hydrogens is 354 g/mol. The van der Waals surface area contributed by atoms with Gasteiger partial charge in [-0.3, -0.25) is 9.59 Å². The van der Waals surface area contributed by atoms with Crippen molar-refractivity contribution in [1.82, 2.24) is 20.5 Å². The van der Waals surface area contributed by atoms with Gasteiger partial charge in [0.05, 0.1) is 0 Å². The lowest BCUT2D eigenvalue weighted by Gasteiger charge is -2.32. The first-order valence-electron chi connectivity index (χ1n) is 9.84. The second-order valence-electron chi connectivity index (χ2n) is 7.32. The van der Waals surface area contributed by atoms with Crippen molar-refractivity contribution < 1.29 is 4.79 Å². The average molecular weight is 379 g/mol. The van der Waals surface area contributed by atoms with Crippen molar-refractivity contribution >= 4 is 22.6 Å². The summed E-state index contributed by atoms with van der Waals surface area (Å²) in [5, 5.41) is 10.9. The fraction of sp³-hybridized carbons (Fsp3) is 0.381. The molecule has 0 unspecified atom stereocenters. The van der Waals surface area contributed by atoms with E-state index in [9.17, 15) is 9.59 Å². The van der Waals surface area contributed by atoms with Crippen molar-refractivity contribution in [3.8, 4) is 0 Å². The molecule has 0 saturated carbocycles. The van der Waals surface area contributed by atoms with Gasteiger partial charge in [-0.15, -0.1) is 0 Å². The van der Waals surface area contributed by atoms with E-state index in [4.69, 9.17) is 0 Å². The lowest BCUT2D eigenvalue weighted by Crippen LogP contribution is -2.45. The fourth-order valence-corrected chi connectivity index (χ4v) is 3.84. The number of benzene rings is 1. The smallest absolute Gasteiger partial charge is 0.264 e. The Balaban J connectivity index is 1.20. The van der Waals surface area contributed by atoms with Crippen LogP contribution in [0.4, 0.5) is 5.82 Å². The molecule has 0 spiro atoms. The van der Waals surface area contributed by atoms with E-state index in [1.807, 2.05) is 18.3 Å². The molecule has 3 N–H and O–H groups in total. The van der Waals surface area contributed by atoms with Gasteiger partial charge in [0.15, 0.2) is 0 Å². The van der Waals surface area contributed by atoms with Crippen LogP contribution in [0.2, 0.25) is 0 Å². The second kappa shape index (κ2) is 8.29. The summed E-state index contributed by atoms with van der Waals surface area (Å²) in [5.74, 6) is 0.906. The van der Waals surface area contributed by atoms with Crippen molar-refractivity contribution in [3.63, 3.8) is 0 Å². The number of aromatic nitrogens is 3. The van der Waals surface area contributed by atoms with Crippen LogP contribution >= 0.6 is 0 Å². The zero-order valence-electron chi connectivity index (χ0n) is 15.8. The molecule has 7 heteroatoms. The molecule has 1 amide bonds. The summed E-state index contributed by atoms with van der Waals surface area (Å²) in [6, 6.07) is 11.7. The molecule has 1 aliphatic rings. The molecule has 4 rings (SSSR count). The first-order chi connectivity index (χ1) is 13.7. The third-order valence-electron chi connectivity index (χ3n) is 5.37. The summed E-state index contributed by atoms with van der Waals surface area (Å²) in [6.45, 7) is 1.64. The number of carbonyl (C=O) groups is 1. The Bertz CT molecular complexity index is 981. The predicted octanol–water partition coefficient (Wildman–Crippen LogP) is 2.36. The monoisotopic (exact) mass is 379 g/mol. The van der Waals surface area contributed by atoms with Crippen molar-refractivity contribution in [2.45, 2.75) is 38.1 Å². The molecule has 7 nitrogen and oxygen atoms in total. The highest BCUT2D eigenvalue weighted by Crippen LogP contribution is 2.20. The largest absolute Gasteiger partial charge is 0.361 e. The lowest BCUT2D eigenvalue weighted by molar-refractivity contribution is -0.122. The van der Waals surface area contributed by atoms with Gasteiger partial charge in [0.2, 0.25) is 5.91 Å². The molecule has 0 radical (unpaired) electrons. The highest BCUT2D eigenvalue weighted by atomic mass is 16.1. The minimum atomic E-state index is -0.196. The van der Waals surface area contributed by atoms with E-state index in [-0.39, 0.29) is 17.5 Å². The third kappa shape index (κ3) is 4.24. The average Bonchev–Trinajstić information content (AvgIpc) is 3.13. The molecule has 0 aliphatic carbocycles. The van der Waals surface area contributed by atoms with Gasteiger partial charge in [-0.1, -0.05) is 18.2 Å². The molecule has 1 saturated heterocycles. The predicted molar refractivity (Wildman–Crippen MR) is 109 cm³/mol. The van der Waals surface area contributed by atoms with Crippen LogP contribution in [-0.2, 0) is 11.2 Å². The van der Waals surface area contributed by atoms with E-state index in [0.717, 1.165) is 50.1 Å². The number of nitrogens with zero attached hydrogens (tertiary/aromatic N) is 2. The molecule has 146 valence electrons. The molecule has 1 fully saturated rings. The maximum atomic E-state index is 12.3. The molecule has 0 bridgehead atoms. The van der Waals surface area contributed by atoms with Crippen LogP contribution < -0.4 is 15.8 Å². The number of hydrogen-bond donors (Lipinski definition) is 3. The van der Waals surface area contributed by atoms with E-state index in [0.29, 0.717) is 6.42 Å². The number of carbonyl (C=O) groups excluding carboxylic acids is 1. The summed E-state index contributed by atoms with van der Waals surface area (Å²) in [5.41, 5.74) is 2.22. The summed E-state index contributed by atoms with van der Waals surface area (Å²) < 4.78 is 0. The summed E-state index contributed by atoms with van der Waals surface area (Å²) in [6.07, 6.45) is 6.09. The van der Waals surface area contributed by atoms with Crippen molar-refractivity contribution in [3.05, 3.63) is 58.5 Å². The summed E-state index contributed by atoms with van der Waals surface area (Å²) >= 11 is 0. The molecule has 2 aromatic heterocycles. The highest BCUT2D eigenvalue weighted by molar-refractivity contribution is 5.83. The van der Waals surface area contributed by atoms with E-state index in [1.165, 1.54) is 17.0 Å². The Morgan fingerprint density at radius 1 is 1.18 bits per heavy atom. The molecule has 3 aromatic rings. The number of piperidine rings is 1. The van der Waals surface area contributed by atoms with Gasteiger partial charge in [0.25, 0.3) is 5.56 Å². The number of aromatic amines is 2. The Labute approximate surface area is 163 Å². The van der Waals surface area contributed by atoms with E-state index < -0.39 is 0 Å². The maximum Gasteiger partial charge on any atom is 0.264 e. The lowest BCUT2D eigenvalue weighted by atomic mass is 10.0. The SMILES string of the molecule is O=C(CCCc1c[nH]c2ccccc12)NC1CCN(c2ccc(=O)[nH]n2)CC1. The number of rotatable bonds is 6. The van der Waals surface area contributed by atoms with Gasteiger partial charge in [-0.2, -0.15) is 5.10 Å². The van der Waals surface area contributed by atoms with Crippen LogP contribution in [-0.4, -0.2) is 40.2 Å². The van der Waals surface area contributed by atoms with Crippen molar-refractivity contribution in [2.75, 3.05) is 18.0 Å². The van der Waals surface area contributed by atoms with Gasteiger partial charge in [-0.05, 0) is 43.4 Å². The van der Waals surface area contributed by atoms with E-state index in [2.05, 4.69) is 37.5 Å². The van der Waals surface area contributed by atoms with Gasteiger partial charge in [0.1, 0.15) is 5.82 Å².